The monoisotopic (exact) mass is 246 g/mol. The lowest BCUT2D eigenvalue weighted by molar-refractivity contribution is 0.0520. The van der Waals surface area contributed by atoms with Gasteiger partial charge in [0, 0.05) is 18.0 Å². The van der Waals surface area contributed by atoms with Gasteiger partial charge in [-0.25, -0.2) is 14.2 Å². The van der Waals surface area contributed by atoms with Crippen molar-refractivity contribution in [3.05, 3.63) is 48.3 Å². The molecule has 0 atom stereocenters. The highest BCUT2D eigenvalue weighted by Crippen LogP contribution is 2.23. The SMILES string of the molecule is CCOC(=O)c1ncc(F)cc1-c1ccncc1. The van der Waals surface area contributed by atoms with Crippen LogP contribution >= 0.6 is 0 Å². The number of halogens is 1. The summed E-state index contributed by atoms with van der Waals surface area (Å²) in [4.78, 5) is 19.4. The Hall–Kier alpha value is -2.30. The van der Waals surface area contributed by atoms with Crippen molar-refractivity contribution in [1.82, 2.24) is 9.97 Å². The average Bonchev–Trinajstić information content (AvgIpc) is 2.40. The number of hydrogen-bond donors (Lipinski definition) is 0. The predicted molar refractivity (Wildman–Crippen MR) is 63.4 cm³/mol. The second-order valence-corrected chi connectivity index (χ2v) is 3.51. The van der Waals surface area contributed by atoms with Crippen LogP contribution < -0.4 is 0 Å². The Morgan fingerprint density at radius 3 is 2.78 bits per heavy atom. The quantitative estimate of drug-likeness (QED) is 0.780. The third-order valence-electron chi connectivity index (χ3n) is 2.31. The highest BCUT2D eigenvalue weighted by Gasteiger charge is 2.16. The van der Waals surface area contributed by atoms with Crippen LogP contribution in [0.3, 0.4) is 0 Å². The molecule has 2 aromatic rings. The van der Waals surface area contributed by atoms with Gasteiger partial charge in [0.25, 0.3) is 0 Å². The molecular weight excluding hydrogens is 235 g/mol. The molecule has 2 aromatic heterocycles. The van der Waals surface area contributed by atoms with E-state index in [1.165, 1.54) is 6.07 Å². The van der Waals surface area contributed by atoms with E-state index in [0.29, 0.717) is 11.1 Å². The second-order valence-electron chi connectivity index (χ2n) is 3.51. The van der Waals surface area contributed by atoms with Crippen LogP contribution in [0.4, 0.5) is 4.39 Å². The summed E-state index contributed by atoms with van der Waals surface area (Å²) in [6.07, 6.45) is 4.13. The first-order chi connectivity index (χ1) is 8.72. The number of aromatic nitrogens is 2. The fourth-order valence-corrected chi connectivity index (χ4v) is 1.55. The Bertz CT molecular complexity index is 558. The lowest BCUT2D eigenvalue weighted by Crippen LogP contribution is -2.09. The Labute approximate surface area is 103 Å². The lowest BCUT2D eigenvalue weighted by Gasteiger charge is -2.07. The zero-order chi connectivity index (χ0) is 13.0. The van der Waals surface area contributed by atoms with Crippen molar-refractivity contribution in [3.8, 4) is 11.1 Å². The number of pyridine rings is 2. The number of carbonyl (C=O) groups is 1. The molecule has 2 heterocycles. The molecule has 0 aliphatic rings. The highest BCUT2D eigenvalue weighted by molar-refractivity contribution is 5.95. The third-order valence-corrected chi connectivity index (χ3v) is 2.31. The zero-order valence-electron chi connectivity index (χ0n) is 9.76. The summed E-state index contributed by atoms with van der Waals surface area (Å²) in [6, 6.07) is 4.62. The summed E-state index contributed by atoms with van der Waals surface area (Å²) < 4.78 is 18.1. The van der Waals surface area contributed by atoms with Gasteiger partial charge in [-0.2, -0.15) is 0 Å². The van der Waals surface area contributed by atoms with E-state index in [2.05, 4.69) is 9.97 Å². The minimum Gasteiger partial charge on any atom is -0.461 e. The van der Waals surface area contributed by atoms with Crippen molar-refractivity contribution in [2.45, 2.75) is 6.92 Å². The zero-order valence-corrected chi connectivity index (χ0v) is 9.76. The Morgan fingerprint density at radius 1 is 1.39 bits per heavy atom. The summed E-state index contributed by atoms with van der Waals surface area (Å²) in [6.45, 7) is 1.95. The van der Waals surface area contributed by atoms with Crippen molar-refractivity contribution in [3.63, 3.8) is 0 Å². The first-order valence-corrected chi connectivity index (χ1v) is 5.45. The van der Waals surface area contributed by atoms with E-state index < -0.39 is 11.8 Å². The molecule has 2 rings (SSSR count). The lowest BCUT2D eigenvalue weighted by atomic mass is 10.1. The molecule has 0 spiro atoms. The van der Waals surface area contributed by atoms with Gasteiger partial charge in [-0.15, -0.1) is 0 Å². The van der Waals surface area contributed by atoms with Crippen molar-refractivity contribution in [1.29, 1.82) is 0 Å². The summed E-state index contributed by atoms with van der Waals surface area (Å²) in [5.41, 5.74) is 1.17. The van der Waals surface area contributed by atoms with E-state index in [1.807, 2.05) is 0 Å². The molecule has 5 heteroatoms. The minimum atomic E-state index is -0.565. The second kappa shape index (κ2) is 5.35. The van der Waals surface area contributed by atoms with E-state index in [4.69, 9.17) is 4.74 Å². The van der Waals surface area contributed by atoms with Gasteiger partial charge in [-0.05, 0) is 30.7 Å². The Kier molecular flexibility index (Phi) is 3.62. The predicted octanol–water partition coefficient (Wildman–Crippen LogP) is 2.46. The molecule has 0 aromatic carbocycles. The minimum absolute atomic E-state index is 0.101. The maximum atomic E-state index is 13.3. The summed E-state index contributed by atoms with van der Waals surface area (Å²) in [7, 11) is 0. The molecule has 18 heavy (non-hydrogen) atoms. The van der Waals surface area contributed by atoms with Crippen LogP contribution in [0.15, 0.2) is 36.8 Å². The van der Waals surface area contributed by atoms with Gasteiger partial charge < -0.3 is 4.74 Å². The number of nitrogens with zero attached hydrogens (tertiary/aromatic N) is 2. The van der Waals surface area contributed by atoms with Crippen molar-refractivity contribution < 1.29 is 13.9 Å². The maximum Gasteiger partial charge on any atom is 0.357 e. The molecule has 0 radical (unpaired) electrons. The van der Waals surface area contributed by atoms with Crippen molar-refractivity contribution in [2.24, 2.45) is 0 Å². The number of rotatable bonds is 3. The van der Waals surface area contributed by atoms with Crippen LogP contribution in [-0.4, -0.2) is 22.5 Å². The molecule has 0 bridgehead atoms. The number of hydrogen-bond acceptors (Lipinski definition) is 4. The van der Waals surface area contributed by atoms with Gasteiger partial charge in [-0.1, -0.05) is 0 Å². The normalized spacial score (nSPS) is 10.1. The molecule has 0 aliphatic heterocycles. The van der Waals surface area contributed by atoms with Gasteiger partial charge in [0.2, 0.25) is 0 Å². The summed E-state index contributed by atoms with van der Waals surface area (Å²) >= 11 is 0. The van der Waals surface area contributed by atoms with Crippen LogP contribution in [0.5, 0.6) is 0 Å². The Balaban J connectivity index is 2.51. The maximum absolute atomic E-state index is 13.3. The number of ether oxygens (including phenoxy) is 1. The molecule has 0 unspecified atom stereocenters. The van der Waals surface area contributed by atoms with Crippen LogP contribution in [0, 0.1) is 5.82 Å². The molecule has 0 aliphatic carbocycles. The van der Waals surface area contributed by atoms with Crippen LogP contribution in [0.2, 0.25) is 0 Å². The fourth-order valence-electron chi connectivity index (χ4n) is 1.55. The molecule has 0 saturated carbocycles. The van der Waals surface area contributed by atoms with Gasteiger partial charge in [0.15, 0.2) is 5.69 Å². The Morgan fingerprint density at radius 2 is 2.11 bits per heavy atom. The summed E-state index contributed by atoms with van der Waals surface area (Å²) in [5.74, 6) is -1.07. The summed E-state index contributed by atoms with van der Waals surface area (Å²) in [5, 5.41) is 0. The molecule has 4 nitrogen and oxygen atoms in total. The topological polar surface area (TPSA) is 52.1 Å². The molecule has 0 fully saturated rings. The van der Waals surface area contributed by atoms with E-state index in [0.717, 1.165) is 6.20 Å². The van der Waals surface area contributed by atoms with Gasteiger partial charge >= 0.3 is 5.97 Å². The molecule has 0 amide bonds. The van der Waals surface area contributed by atoms with E-state index in [-0.39, 0.29) is 12.3 Å². The molecule has 0 saturated heterocycles. The van der Waals surface area contributed by atoms with Gasteiger partial charge in [-0.3, -0.25) is 4.98 Å². The van der Waals surface area contributed by atoms with Crippen LogP contribution in [-0.2, 0) is 4.74 Å². The average molecular weight is 246 g/mol. The highest BCUT2D eigenvalue weighted by atomic mass is 19.1. The molecule has 92 valence electrons. The first kappa shape index (κ1) is 12.2. The smallest absolute Gasteiger partial charge is 0.357 e. The third kappa shape index (κ3) is 2.51. The van der Waals surface area contributed by atoms with E-state index in [9.17, 15) is 9.18 Å². The first-order valence-electron chi connectivity index (χ1n) is 5.45. The molecule has 0 N–H and O–H groups in total. The van der Waals surface area contributed by atoms with Crippen molar-refractivity contribution in [2.75, 3.05) is 6.61 Å². The van der Waals surface area contributed by atoms with Crippen molar-refractivity contribution >= 4 is 5.97 Å². The molecular formula is C13H11FN2O2. The van der Waals surface area contributed by atoms with E-state index >= 15 is 0 Å². The van der Waals surface area contributed by atoms with Gasteiger partial charge in [0.1, 0.15) is 5.82 Å². The largest absolute Gasteiger partial charge is 0.461 e. The standard InChI is InChI=1S/C13H11FN2O2/c1-2-18-13(17)12-11(7-10(14)8-16-12)9-3-5-15-6-4-9/h3-8H,2H2,1H3. The van der Waals surface area contributed by atoms with Crippen LogP contribution in [0.1, 0.15) is 17.4 Å². The van der Waals surface area contributed by atoms with Crippen LogP contribution in [0.25, 0.3) is 11.1 Å². The van der Waals surface area contributed by atoms with Gasteiger partial charge in [0.05, 0.1) is 12.8 Å². The van der Waals surface area contributed by atoms with E-state index in [1.54, 1.807) is 31.5 Å². The number of carbonyl (C=O) groups excluding carboxylic acids is 1. The fraction of sp³-hybridized carbons (Fsp3) is 0.154. The number of esters is 1.